The minimum atomic E-state index is -5.45. The zero-order valence-electron chi connectivity index (χ0n) is 17.2. The van der Waals surface area contributed by atoms with Crippen LogP contribution in [0.1, 0.15) is 66.4 Å². The van der Waals surface area contributed by atoms with Gasteiger partial charge in [-0.05, 0) is 64.7 Å². The van der Waals surface area contributed by atoms with Gasteiger partial charge in [-0.25, -0.2) is 4.21 Å². The van der Waals surface area contributed by atoms with Gasteiger partial charge >= 0.3 is 5.97 Å². The molecule has 0 saturated heterocycles. The van der Waals surface area contributed by atoms with Crippen molar-refractivity contribution in [1.29, 1.82) is 0 Å². The van der Waals surface area contributed by atoms with Crippen molar-refractivity contribution in [2.24, 2.45) is 5.41 Å². The Kier molecular flexibility index (Phi) is 6.48. The van der Waals surface area contributed by atoms with Crippen molar-refractivity contribution in [2.45, 2.75) is 71.3 Å². The van der Waals surface area contributed by atoms with Gasteiger partial charge in [0.15, 0.2) is 0 Å². The zero-order valence-corrected chi connectivity index (χ0v) is 18.1. The average molecular weight is 401 g/mol. The summed E-state index contributed by atoms with van der Waals surface area (Å²) in [5.74, 6) is -2.30. The number of ketones is 1. The van der Waals surface area contributed by atoms with Gasteiger partial charge in [-0.2, -0.15) is 0 Å². The van der Waals surface area contributed by atoms with Gasteiger partial charge in [-0.3, -0.25) is 9.59 Å². The summed E-state index contributed by atoms with van der Waals surface area (Å²) in [7, 11) is -5.45. The van der Waals surface area contributed by atoms with E-state index in [0.717, 1.165) is 18.9 Å². The van der Waals surface area contributed by atoms with Crippen LogP contribution >= 0.6 is 0 Å². The lowest BCUT2D eigenvalue weighted by molar-refractivity contribution is -0.167. The number of carbonyl (C=O) groups excluding carboxylic acids is 2. The fourth-order valence-corrected chi connectivity index (χ4v) is 4.82. The molecule has 0 spiro atoms. The van der Waals surface area contributed by atoms with Crippen molar-refractivity contribution in [3.63, 3.8) is 0 Å². The number of hydrogen-bond acceptors (Lipinski definition) is 4. The second kappa shape index (κ2) is 7.45. The molecular formula is C20H32O6S. The van der Waals surface area contributed by atoms with E-state index in [9.17, 15) is 22.9 Å². The summed E-state index contributed by atoms with van der Waals surface area (Å²) in [6.07, 6.45) is 0.901. The predicted octanol–water partition coefficient (Wildman–Crippen LogP) is 4.26. The number of esters is 1. The monoisotopic (exact) mass is 400 g/mol. The molecule has 1 rings (SSSR count). The van der Waals surface area contributed by atoms with E-state index in [1.165, 1.54) is 19.1 Å². The summed E-state index contributed by atoms with van der Waals surface area (Å²) >= 11 is 0. The van der Waals surface area contributed by atoms with Crippen LogP contribution in [-0.4, -0.2) is 36.4 Å². The molecule has 0 bridgehead atoms. The zero-order chi connectivity index (χ0) is 21.3. The number of benzene rings is 1. The van der Waals surface area contributed by atoms with Crippen LogP contribution in [0.5, 0.6) is 0 Å². The average Bonchev–Trinajstić information content (AvgIpc) is 2.51. The van der Waals surface area contributed by atoms with Crippen molar-refractivity contribution in [3.05, 3.63) is 29.8 Å². The van der Waals surface area contributed by atoms with Gasteiger partial charge in [-0.15, -0.1) is 0 Å². The Hall–Kier alpha value is -1.57. The first-order valence-electron chi connectivity index (χ1n) is 9.00. The quantitative estimate of drug-likeness (QED) is 0.524. The Morgan fingerprint density at radius 2 is 1.59 bits per heavy atom. The first kappa shape index (κ1) is 23.5. The third-order valence-electron chi connectivity index (χ3n) is 4.71. The third-order valence-corrected chi connectivity index (χ3v) is 7.03. The van der Waals surface area contributed by atoms with Gasteiger partial charge in [0, 0.05) is 0 Å². The van der Waals surface area contributed by atoms with Gasteiger partial charge in [-0.1, -0.05) is 26.0 Å². The topological polar surface area (TPSA) is 101 Å². The summed E-state index contributed by atoms with van der Waals surface area (Å²) in [5.41, 5.74) is -1.88. The molecule has 0 radical (unpaired) electrons. The third kappa shape index (κ3) is 5.70. The van der Waals surface area contributed by atoms with E-state index in [1.54, 1.807) is 32.9 Å². The van der Waals surface area contributed by atoms with E-state index in [1.807, 2.05) is 13.8 Å². The lowest BCUT2D eigenvalue weighted by Gasteiger charge is -2.38. The highest BCUT2D eigenvalue weighted by Crippen LogP contribution is 2.38. The van der Waals surface area contributed by atoms with Gasteiger partial charge in [0.2, 0.25) is 0 Å². The standard InChI is InChI=1S/C20H32O6S/c1-8-14(2)16-9-11-17(12-10-16)27(23,24,25)13-20(7,15(3)21)18(22)26-19(4,5)6/h9-12,14H,8,13H2,1-7H3,(H2,23,24,25). The smallest absolute Gasteiger partial charge is 0.320 e. The molecule has 0 aliphatic heterocycles. The number of hydrogen-bond donors (Lipinski definition) is 2. The highest BCUT2D eigenvalue weighted by Gasteiger charge is 2.51. The van der Waals surface area contributed by atoms with Crippen LogP contribution in [0.25, 0.3) is 0 Å². The largest absolute Gasteiger partial charge is 0.459 e. The van der Waals surface area contributed by atoms with Gasteiger partial charge in [0.1, 0.15) is 26.4 Å². The van der Waals surface area contributed by atoms with E-state index in [0.29, 0.717) is 0 Å². The molecule has 0 aliphatic carbocycles. The first-order valence-corrected chi connectivity index (χ1v) is 11.0. The lowest BCUT2D eigenvalue weighted by atomic mass is 9.88. The first-order chi connectivity index (χ1) is 12.0. The van der Waals surface area contributed by atoms with Crippen molar-refractivity contribution in [1.82, 2.24) is 0 Å². The van der Waals surface area contributed by atoms with Crippen molar-refractivity contribution >= 4 is 21.4 Å². The van der Waals surface area contributed by atoms with E-state index >= 15 is 0 Å². The summed E-state index contributed by atoms with van der Waals surface area (Å²) in [4.78, 5) is 24.5. The Morgan fingerprint density at radius 1 is 1.11 bits per heavy atom. The molecule has 7 heteroatoms. The van der Waals surface area contributed by atoms with Crippen molar-refractivity contribution in [2.75, 3.05) is 5.75 Å². The maximum absolute atomic E-state index is 13.1. The Bertz CT molecular complexity index is 769. The second-order valence-electron chi connectivity index (χ2n) is 8.43. The lowest BCUT2D eigenvalue weighted by Crippen LogP contribution is -2.51. The van der Waals surface area contributed by atoms with E-state index in [-0.39, 0.29) is 10.8 Å². The molecule has 1 aromatic carbocycles. The molecule has 0 heterocycles. The maximum atomic E-state index is 13.1. The van der Waals surface area contributed by atoms with Gasteiger partial charge < -0.3 is 13.8 Å². The molecule has 6 nitrogen and oxygen atoms in total. The summed E-state index contributed by atoms with van der Waals surface area (Å²) in [6.45, 7) is 11.3. The molecule has 2 unspecified atom stereocenters. The molecule has 2 atom stereocenters. The van der Waals surface area contributed by atoms with E-state index < -0.39 is 38.1 Å². The minimum absolute atomic E-state index is 0.227. The SMILES string of the molecule is CCC(C)c1ccc(S(=O)(O)(O)CC(C)(C(C)=O)C(=O)OC(C)(C)C)cc1. The molecule has 27 heavy (non-hydrogen) atoms. The molecule has 0 aromatic heterocycles. The van der Waals surface area contributed by atoms with Crippen LogP contribution in [-0.2, 0) is 24.0 Å². The molecular weight excluding hydrogens is 368 g/mol. The van der Waals surface area contributed by atoms with E-state index in [2.05, 4.69) is 0 Å². The van der Waals surface area contributed by atoms with Crippen LogP contribution in [0.15, 0.2) is 29.2 Å². The minimum Gasteiger partial charge on any atom is -0.459 e. The predicted molar refractivity (Wildman–Crippen MR) is 106 cm³/mol. The number of carbonyl (C=O) groups is 2. The second-order valence-corrected chi connectivity index (χ2v) is 11.2. The Morgan fingerprint density at radius 3 is 1.96 bits per heavy atom. The van der Waals surface area contributed by atoms with Crippen molar-refractivity contribution < 1.29 is 27.6 Å². The normalized spacial score (nSPS) is 17.3. The maximum Gasteiger partial charge on any atom is 0.320 e. The fourth-order valence-electron chi connectivity index (χ4n) is 2.60. The van der Waals surface area contributed by atoms with Crippen molar-refractivity contribution in [3.8, 4) is 0 Å². The van der Waals surface area contributed by atoms with Crippen LogP contribution in [0, 0.1) is 5.41 Å². The molecule has 0 aliphatic rings. The highest BCUT2D eigenvalue weighted by atomic mass is 32.3. The Labute approximate surface area is 161 Å². The van der Waals surface area contributed by atoms with E-state index in [4.69, 9.17) is 4.74 Å². The molecule has 0 amide bonds. The van der Waals surface area contributed by atoms with Crippen LogP contribution in [0.4, 0.5) is 0 Å². The van der Waals surface area contributed by atoms with Crippen LogP contribution in [0.2, 0.25) is 0 Å². The molecule has 1 aromatic rings. The Balaban J connectivity index is 3.31. The summed E-state index contributed by atoms with van der Waals surface area (Å²) in [5, 5.41) is 0. The number of rotatable bonds is 7. The molecule has 2 N–H and O–H groups in total. The van der Waals surface area contributed by atoms with Crippen LogP contribution < -0.4 is 0 Å². The number of ether oxygens (including phenoxy) is 1. The summed E-state index contributed by atoms with van der Waals surface area (Å²) in [6, 6.07) is 6.07. The highest BCUT2D eigenvalue weighted by molar-refractivity contribution is 8.10. The number of Topliss-reactive ketones (excluding diaryl/α,β-unsaturated/α-hetero) is 1. The van der Waals surface area contributed by atoms with Gasteiger partial charge in [0.25, 0.3) is 0 Å². The molecule has 0 saturated carbocycles. The van der Waals surface area contributed by atoms with Gasteiger partial charge in [0.05, 0.1) is 10.6 Å². The van der Waals surface area contributed by atoms with Crippen LogP contribution in [0.3, 0.4) is 0 Å². The fraction of sp³-hybridized carbons (Fsp3) is 0.600. The summed E-state index contributed by atoms with van der Waals surface area (Å²) < 4.78 is 39.6. The molecule has 154 valence electrons. The molecule has 0 fully saturated rings.